The fourth-order valence-corrected chi connectivity index (χ4v) is 4.73. The SMILES string of the molecule is CCCCCCCCCCCCCc1n(CCCCCCCC)cc[n+]1CCCCC. The molecule has 0 unspecified atom stereocenters. The Morgan fingerprint density at radius 3 is 1.55 bits per heavy atom. The van der Waals surface area contributed by atoms with Crippen LogP contribution in [0.4, 0.5) is 0 Å². The molecule has 1 aromatic rings. The average molecular weight is 434 g/mol. The molecule has 0 fully saturated rings. The van der Waals surface area contributed by atoms with E-state index < -0.39 is 0 Å². The maximum absolute atomic E-state index is 2.59. The van der Waals surface area contributed by atoms with Gasteiger partial charge >= 0.3 is 0 Å². The summed E-state index contributed by atoms with van der Waals surface area (Å²) in [6, 6.07) is 0. The Labute approximate surface area is 196 Å². The molecule has 182 valence electrons. The minimum absolute atomic E-state index is 1.21. The third-order valence-electron chi connectivity index (χ3n) is 6.85. The van der Waals surface area contributed by atoms with Crippen molar-refractivity contribution < 1.29 is 4.57 Å². The van der Waals surface area contributed by atoms with E-state index in [1.807, 2.05) is 0 Å². The molecule has 0 aliphatic rings. The number of unbranched alkanes of at least 4 members (excludes halogenated alkanes) is 17. The number of nitrogens with zero attached hydrogens (tertiary/aromatic N) is 2. The van der Waals surface area contributed by atoms with Crippen LogP contribution < -0.4 is 4.57 Å². The fourth-order valence-electron chi connectivity index (χ4n) is 4.73. The zero-order valence-corrected chi connectivity index (χ0v) is 21.8. The number of imidazole rings is 1. The maximum Gasteiger partial charge on any atom is 0.256 e. The number of rotatable bonds is 23. The minimum atomic E-state index is 1.21. The van der Waals surface area contributed by atoms with E-state index in [2.05, 4.69) is 42.3 Å². The van der Waals surface area contributed by atoms with Gasteiger partial charge in [0.1, 0.15) is 12.4 Å². The lowest BCUT2D eigenvalue weighted by Crippen LogP contribution is -2.37. The molecular weight excluding hydrogens is 376 g/mol. The topological polar surface area (TPSA) is 8.81 Å². The summed E-state index contributed by atoms with van der Waals surface area (Å²) in [5.41, 5.74) is 0. The van der Waals surface area contributed by atoms with Crippen LogP contribution in [0.15, 0.2) is 12.4 Å². The Morgan fingerprint density at radius 1 is 0.548 bits per heavy atom. The van der Waals surface area contributed by atoms with E-state index in [-0.39, 0.29) is 0 Å². The molecular formula is C29H57N2+. The molecule has 0 saturated carbocycles. The Kier molecular flexibility index (Phi) is 19.2. The first-order valence-corrected chi connectivity index (χ1v) is 14.4. The zero-order valence-electron chi connectivity index (χ0n) is 21.8. The third-order valence-corrected chi connectivity index (χ3v) is 6.85. The largest absolute Gasteiger partial charge is 0.256 e. The van der Waals surface area contributed by atoms with Gasteiger partial charge in [0.2, 0.25) is 0 Å². The maximum atomic E-state index is 2.59. The van der Waals surface area contributed by atoms with Gasteiger partial charge in [0.25, 0.3) is 5.82 Å². The van der Waals surface area contributed by atoms with Crippen LogP contribution in [0.3, 0.4) is 0 Å². The van der Waals surface area contributed by atoms with E-state index in [1.54, 1.807) is 5.82 Å². The summed E-state index contributed by atoms with van der Waals surface area (Å²) in [4.78, 5) is 0. The molecule has 2 heteroatoms. The zero-order chi connectivity index (χ0) is 22.4. The lowest BCUT2D eigenvalue weighted by Gasteiger charge is -2.07. The molecule has 0 atom stereocenters. The van der Waals surface area contributed by atoms with Gasteiger partial charge in [-0.3, -0.25) is 0 Å². The van der Waals surface area contributed by atoms with Crippen LogP contribution in [0, 0.1) is 0 Å². The average Bonchev–Trinajstić information content (AvgIpc) is 3.16. The molecule has 0 saturated heterocycles. The third kappa shape index (κ3) is 14.8. The quantitative estimate of drug-likeness (QED) is 0.120. The number of hydrogen-bond donors (Lipinski definition) is 0. The summed E-state index contributed by atoms with van der Waals surface area (Å²) < 4.78 is 5.16. The van der Waals surface area contributed by atoms with Crippen LogP contribution in [0.1, 0.15) is 155 Å². The predicted molar refractivity (Wildman–Crippen MR) is 138 cm³/mol. The second-order valence-electron chi connectivity index (χ2n) is 9.86. The first-order chi connectivity index (χ1) is 15.3. The number of aromatic nitrogens is 2. The van der Waals surface area contributed by atoms with Gasteiger partial charge in [0.15, 0.2) is 0 Å². The van der Waals surface area contributed by atoms with Gasteiger partial charge in [-0.2, -0.15) is 0 Å². The van der Waals surface area contributed by atoms with Crippen molar-refractivity contribution in [3.8, 4) is 0 Å². The highest BCUT2D eigenvalue weighted by Crippen LogP contribution is 2.13. The van der Waals surface area contributed by atoms with Crippen LogP contribution in [0.25, 0.3) is 0 Å². The highest BCUT2D eigenvalue weighted by molar-refractivity contribution is 4.84. The van der Waals surface area contributed by atoms with E-state index in [4.69, 9.17) is 0 Å². The highest BCUT2D eigenvalue weighted by atomic mass is 15.1. The molecule has 0 amide bonds. The molecule has 1 rings (SSSR count). The molecule has 0 aromatic carbocycles. The molecule has 0 N–H and O–H groups in total. The van der Waals surface area contributed by atoms with Crippen molar-refractivity contribution in [2.75, 3.05) is 0 Å². The van der Waals surface area contributed by atoms with Gasteiger partial charge in [0.05, 0.1) is 13.1 Å². The van der Waals surface area contributed by atoms with Gasteiger partial charge < -0.3 is 0 Å². The Morgan fingerprint density at radius 2 is 1.00 bits per heavy atom. The van der Waals surface area contributed by atoms with Crippen LogP contribution in [-0.2, 0) is 19.5 Å². The van der Waals surface area contributed by atoms with Crippen LogP contribution in [-0.4, -0.2) is 4.57 Å². The predicted octanol–water partition coefficient (Wildman–Crippen LogP) is 9.18. The van der Waals surface area contributed by atoms with Crippen molar-refractivity contribution in [3.63, 3.8) is 0 Å². The molecule has 0 radical (unpaired) electrons. The molecule has 31 heavy (non-hydrogen) atoms. The van der Waals surface area contributed by atoms with Gasteiger partial charge in [-0.05, 0) is 32.1 Å². The van der Waals surface area contributed by atoms with Crippen molar-refractivity contribution in [1.29, 1.82) is 0 Å². The Bertz CT molecular complexity index is 491. The lowest BCUT2D eigenvalue weighted by molar-refractivity contribution is -0.704. The molecule has 1 heterocycles. The smallest absolute Gasteiger partial charge is 0.234 e. The molecule has 0 spiro atoms. The lowest BCUT2D eigenvalue weighted by atomic mass is 10.1. The van der Waals surface area contributed by atoms with Gasteiger partial charge in [-0.15, -0.1) is 0 Å². The van der Waals surface area contributed by atoms with E-state index in [0.717, 1.165) is 0 Å². The Hall–Kier alpha value is -0.790. The van der Waals surface area contributed by atoms with Crippen molar-refractivity contribution >= 4 is 0 Å². The molecule has 0 bridgehead atoms. The first-order valence-electron chi connectivity index (χ1n) is 14.4. The van der Waals surface area contributed by atoms with Crippen molar-refractivity contribution in [3.05, 3.63) is 18.2 Å². The monoisotopic (exact) mass is 433 g/mol. The normalized spacial score (nSPS) is 11.5. The summed E-state index contributed by atoms with van der Waals surface area (Å²) in [5, 5.41) is 0. The molecule has 1 aromatic heterocycles. The summed E-state index contributed by atoms with van der Waals surface area (Å²) in [6.07, 6.45) is 34.1. The van der Waals surface area contributed by atoms with Crippen LogP contribution in [0.5, 0.6) is 0 Å². The highest BCUT2D eigenvalue weighted by Gasteiger charge is 2.16. The summed E-state index contributed by atoms with van der Waals surface area (Å²) >= 11 is 0. The van der Waals surface area contributed by atoms with Gasteiger partial charge in [-0.1, -0.05) is 117 Å². The second kappa shape index (κ2) is 21.1. The van der Waals surface area contributed by atoms with Gasteiger partial charge in [0, 0.05) is 6.42 Å². The van der Waals surface area contributed by atoms with E-state index in [9.17, 15) is 0 Å². The molecule has 2 nitrogen and oxygen atoms in total. The number of hydrogen-bond acceptors (Lipinski definition) is 0. The minimum Gasteiger partial charge on any atom is -0.234 e. The standard InChI is InChI=1S/C29H57N2/c1-4-7-10-12-14-15-16-17-18-19-21-24-29-30(25-22-9-6-3)27-28-31(29)26-23-20-13-11-8-5-2/h27-28H,4-26H2,1-3H3/q+1. The molecule has 0 aliphatic heterocycles. The van der Waals surface area contributed by atoms with E-state index in [1.165, 1.54) is 148 Å². The second-order valence-corrected chi connectivity index (χ2v) is 9.86. The summed E-state index contributed by atoms with van der Waals surface area (Å²) in [6.45, 7) is 9.35. The first kappa shape index (κ1) is 28.2. The van der Waals surface area contributed by atoms with Crippen molar-refractivity contribution in [2.24, 2.45) is 0 Å². The van der Waals surface area contributed by atoms with Crippen LogP contribution >= 0.6 is 0 Å². The fraction of sp³-hybridized carbons (Fsp3) is 0.897. The summed E-state index contributed by atoms with van der Waals surface area (Å²) in [7, 11) is 0. The Balaban J connectivity index is 2.28. The summed E-state index contributed by atoms with van der Waals surface area (Å²) in [5.74, 6) is 1.60. The van der Waals surface area contributed by atoms with E-state index in [0.29, 0.717) is 0 Å². The molecule has 0 aliphatic carbocycles. The van der Waals surface area contributed by atoms with Crippen molar-refractivity contribution in [1.82, 2.24) is 4.57 Å². The number of aryl methyl sites for hydroxylation is 2. The van der Waals surface area contributed by atoms with Crippen molar-refractivity contribution in [2.45, 2.75) is 169 Å². The van der Waals surface area contributed by atoms with Crippen LogP contribution in [0.2, 0.25) is 0 Å². The van der Waals surface area contributed by atoms with E-state index >= 15 is 0 Å². The van der Waals surface area contributed by atoms with Gasteiger partial charge in [-0.25, -0.2) is 9.13 Å².